The number of nitrogens with one attached hydrogen (secondary N) is 2. The van der Waals surface area contributed by atoms with E-state index in [9.17, 15) is 13.2 Å². The molecule has 2 aromatic carbocycles. The lowest BCUT2D eigenvalue weighted by Crippen LogP contribution is -2.19. The SMILES string of the molecule is Cc1ccc(NC(=S)Nc2ccc(C(F)(F)F)cc2)cc1Cl. The van der Waals surface area contributed by atoms with E-state index in [0.29, 0.717) is 16.4 Å². The number of anilines is 2. The maximum Gasteiger partial charge on any atom is 0.416 e. The maximum atomic E-state index is 12.5. The third-order valence-corrected chi connectivity index (χ3v) is 3.51. The number of benzene rings is 2. The van der Waals surface area contributed by atoms with Crippen molar-refractivity contribution in [3.05, 3.63) is 58.6 Å². The van der Waals surface area contributed by atoms with Gasteiger partial charge in [-0.05, 0) is 61.1 Å². The third kappa shape index (κ3) is 4.35. The summed E-state index contributed by atoms with van der Waals surface area (Å²) in [5, 5.41) is 6.59. The van der Waals surface area contributed by atoms with Gasteiger partial charge >= 0.3 is 6.18 Å². The molecular formula is C15H12ClF3N2S. The predicted octanol–water partition coefficient (Wildman–Crippen LogP) is 5.48. The van der Waals surface area contributed by atoms with Gasteiger partial charge in [-0.3, -0.25) is 0 Å². The molecule has 0 unspecified atom stereocenters. The van der Waals surface area contributed by atoms with Gasteiger partial charge in [-0.1, -0.05) is 17.7 Å². The zero-order chi connectivity index (χ0) is 16.3. The van der Waals surface area contributed by atoms with Crippen LogP contribution in [0.1, 0.15) is 11.1 Å². The first-order chi connectivity index (χ1) is 10.3. The third-order valence-electron chi connectivity index (χ3n) is 2.90. The molecular weight excluding hydrogens is 333 g/mol. The number of hydrogen-bond acceptors (Lipinski definition) is 1. The first kappa shape index (κ1) is 16.6. The summed E-state index contributed by atoms with van der Waals surface area (Å²) in [5.41, 5.74) is 1.39. The number of alkyl halides is 3. The highest BCUT2D eigenvalue weighted by molar-refractivity contribution is 7.80. The normalized spacial score (nSPS) is 11.1. The standard InChI is InChI=1S/C15H12ClF3N2S/c1-9-2-5-12(8-13(9)16)21-14(22)20-11-6-3-10(4-7-11)15(17,18)19/h2-8H,1H3,(H2,20,21,22). The van der Waals surface area contributed by atoms with E-state index in [0.717, 1.165) is 17.7 Å². The Labute approximate surface area is 136 Å². The molecule has 7 heteroatoms. The minimum absolute atomic E-state index is 0.264. The average molecular weight is 345 g/mol. The topological polar surface area (TPSA) is 24.1 Å². The van der Waals surface area contributed by atoms with Crippen LogP contribution in [0.4, 0.5) is 24.5 Å². The molecule has 0 saturated carbocycles. The minimum atomic E-state index is -4.35. The van der Waals surface area contributed by atoms with Crippen LogP contribution in [0.3, 0.4) is 0 Å². The molecule has 0 fully saturated rings. The van der Waals surface area contributed by atoms with Crippen molar-refractivity contribution < 1.29 is 13.2 Å². The van der Waals surface area contributed by atoms with Crippen LogP contribution in [-0.4, -0.2) is 5.11 Å². The molecule has 0 spiro atoms. The lowest BCUT2D eigenvalue weighted by Gasteiger charge is -2.12. The molecule has 0 aliphatic heterocycles. The van der Waals surface area contributed by atoms with Crippen molar-refractivity contribution in [2.45, 2.75) is 13.1 Å². The van der Waals surface area contributed by atoms with Crippen LogP contribution in [0.2, 0.25) is 5.02 Å². The van der Waals surface area contributed by atoms with Gasteiger partial charge in [0, 0.05) is 16.4 Å². The smallest absolute Gasteiger partial charge is 0.332 e. The number of aryl methyl sites for hydroxylation is 1. The average Bonchev–Trinajstić information content (AvgIpc) is 2.42. The summed E-state index contributed by atoms with van der Waals surface area (Å²) >= 11 is 11.1. The van der Waals surface area contributed by atoms with Crippen molar-refractivity contribution >= 4 is 40.3 Å². The fourth-order valence-corrected chi connectivity index (χ4v) is 2.12. The van der Waals surface area contributed by atoms with E-state index in [-0.39, 0.29) is 5.11 Å². The first-order valence-corrected chi connectivity index (χ1v) is 7.06. The Balaban J connectivity index is 2.01. The van der Waals surface area contributed by atoms with E-state index in [1.165, 1.54) is 12.1 Å². The summed E-state index contributed by atoms with van der Waals surface area (Å²) in [6.07, 6.45) is -4.35. The molecule has 2 aromatic rings. The van der Waals surface area contributed by atoms with Crippen LogP contribution in [0.5, 0.6) is 0 Å². The molecule has 2 rings (SSSR count). The summed E-state index contributed by atoms with van der Waals surface area (Å²) in [7, 11) is 0. The van der Waals surface area contributed by atoms with Gasteiger partial charge in [0.2, 0.25) is 0 Å². The quantitative estimate of drug-likeness (QED) is 0.706. The number of rotatable bonds is 2. The van der Waals surface area contributed by atoms with E-state index >= 15 is 0 Å². The first-order valence-electron chi connectivity index (χ1n) is 6.27. The number of hydrogen-bond donors (Lipinski definition) is 2. The summed E-state index contributed by atoms with van der Waals surface area (Å²) in [5.74, 6) is 0. The Hall–Kier alpha value is -1.79. The highest BCUT2D eigenvalue weighted by Crippen LogP contribution is 2.29. The zero-order valence-electron chi connectivity index (χ0n) is 11.5. The van der Waals surface area contributed by atoms with E-state index in [1.54, 1.807) is 6.07 Å². The molecule has 22 heavy (non-hydrogen) atoms. The van der Waals surface area contributed by atoms with E-state index < -0.39 is 11.7 Å². The van der Waals surface area contributed by atoms with Crippen LogP contribution in [-0.2, 0) is 6.18 Å². The van der Waals surface area contributed by atoms with Gasteiger partial charge < -0.3 is 10.6 Å². The van der Waals surface area contributed by atoms with Gasteiger partial charge in [0.25, 0.3) is 0 Å². The Kier molecular flexibility index (Phi) is 4.93. The second-order valence-electron chi connectivity index (χ2n) is 4.62. The summed E-state index contributed by atoms with van der Waals surface area (Å²) in [6.45, 7) is 1.88. The van der Waals surface area contributed by atoms with Gasteiger partial charge in [-0.15, -0.1) is 0 Å². The molecule has 0 atom stereocenters. The van der Waals surface area contributed by atoms with Gasteiger partial charge in [-0.2, -0.15) is 13.2 Å². The lowest BCUT2D eigenvalue weighted by molar-refractivity contribution is -0.137. The molecule has 116 valence electrons. The monoisotopic (exact) mass is 344 g/mol. The second kappa shape index (κ2) is 6.54. The Morgan fingerprint density at radius 3 is 2.09 bits per heavy atom. The Morgan fingerprint density at radius 2 is 1.55 bits per heavy atom. The van der Waals surface area contributed by atoms with E-state index in [4.69, 9.17) is 23.8 Å². The number of thiocarbonyl (C=S) groups is 1. The molecule has 0 heterocycles. The Morgan fingerprint density at radius 1 is 1.00 bits per heavy atom. The molecule has 0 saturated heterocycles. The lowest BCUT2D eigenvalue weighted by atomic mass is 10.2. The van der Waals surface area contributed by atoms with Crippen LogP contribution >= 0.6 is 23.8 Å². The van der Waals surface area contributed by atoms with Crippen molar-refractivity contribution in [1.29, 1.82) is 0 Å². The fourth-order valence-electron chi connectivity index (χ4n) is 1.71. The maximum absolute atomic E-state index is 12.5. The van der Waals surface area contributed by atoms with Crippen molar-refractivity contribution in [1.82, 2.24) is 0 Å². The van der Waals surface area contributed by atoms with Crippen LogP contribution in [0.25, 0.3) is 0 Å². The summed E-state index contributed by atoms with van der Waals surface area (Å²) in [6, 6.07) is 9.99. The van der Waals surface area contributed by atoms with Crippen molar-refractivity contribution in [3.8, 4) is 0 Å². The largest absolute Gasteiger partial charge is 0.416 e. The van der Waals surface area contributed by atoms with Gasteiger partial charge in [0.1, 0.15) is 0 Å². The van der Waals surface area contributed by atoms with Gasteiger partial charge in [0.15, 0.2) is 5.11 Å². The molecule has 2 N–H and O–H groups in total. The second-order valence-corrected chi connectivity index (χ2v) is 5.43. The molecule has 0 aliphatic carbocycles. The van der Waals surface area contributed by atoms with Gasteiger partial charge in [-0.25, -0.2) is 0 Å². The van der Waals surface area contributed by atoms with Crippen LogP contribution in [0.15, 0.2) is 42.5 Å². The van der Waals surface area contributed by atoms with E-state index in [2.05, 4.69) is 10.6 Å². The van der Waals surface area contributed by atoms with Crippen molar-refractivity contribution in [2.75, 3.05) is 10.6 Å². The summed E-state index contributed by atoms with van der Waals surface area (Å²) < 4.78 is 37.4. The minimum Gasteiger partial charge on any atom is -0.332 e. The van der Waals surface area contributed by atoms with Crippen molar-refractivity contribution in [2.24, 2.45) is 0 Å². The fraction of sp³-hybridized carbons (Fsp3) is 0.133. The molecule has 0 amide bonds. The van der Waals surface area contributed by atoms with Gasteiger partial charge in [0.05, 0.1) is 5.56 Å². The Bertz CT molecular complexity index is 684. The molecule has 0 radical (unpaired) electrons. The number of halogens is 4. The zero-order valence-corrected chi connectivity index (χ0v) is 13.0. The molecule has 0 bridgehead atoms. The molecule has 2 nitrogen and oxygen atoms in total. The summed E-state index contributed by atoms with van der Waals surface area (Å²) in [4.78, 5) is 0. The molecule has 0 aromatic heterocycles. The van der Waals surface area contributed by atoms with Crippen LogP contribution in [0, 0.1) is 6.92 Å². The van der Waals surface area contributed by atoms with Crippen molar-refractivity contribution in [3.63, 3.8) is 0 Å². The highest BCUT2D eigenvalue weighted by atomic mass is 35.5. The highest BCUT2D eigenvalue weighted by Gasteiger charge is 2.29. The predicted molar refractivity (Wildman–Crippen MR) is 87.5 cm³/mol. The van der Waals surface area contributed by atoms with Crippen LogP contribution < -0.4 is 10.6 Å². The van der Waals surface area contributed by atoms with E-state index in [1.807, 2.05) is 19.1 Å². The molecule has 0 aliphatic rings.